The van der Waals surface area contributed by atoms with Gasteiger partial charge in [-0.2, -0.15) is 4.99 Å². The van der Waals surface area contributed by atoms with Gasteiger partial charge in [0.05, 0.1) is 11.9 Å². The van der Waals surface area contributed by atoms with Crippen molar-refractivity contribution in [2.24, 2.45) is 16.5 Å². The first-order chi connectivity index (χ1) is 5.18. The minimum Gasteiger partial charge on any atom is -0.397 e. The molecule has 1 aromatic rings. The largest absolute Gasteiger partial charge is 0.397 e. The predicted octanol–water partition coefficient (Wildman–Crippen LogP) is 0.412. The van der Waals surface area contributed by atoms with Gasteiger partial charge in [-0.05, 0) is 12.1 Å². The van der Waals surface area contributed by atoms with Gasteiger partial charge < -0.3 is 17.2 Å². The minimum absolute atomic E-state index is 0. The average Bonchev–Trinajstić information content (AvgIpc) is 1.93. The van der Waals surface area contributed by atoms with Crippen LogP contribution in [0.5, 0.6) is 0 Å². The van der Waals surface area contributed by atoms with Crippen LogP contribution in [-0.2, 0) is 0 Å². The zero-order valence-corrected chi connectivity index (χ0v) is 8.31. The molecule has 0 unspecified atom stereocenters. The highest BCUT2D eigenvalue weighted by molar-refractivity contribution is 5.85. The minimum atomic E-state index is -0.0118. The number of pyridine rings is 1. The molecule has 5 nitrogen and oxygen atoms in total. The zero-order valence-electron chi connectivity index (χ0n) is 6.68. The molecule has 0 saturated heterocycles. The molecule has 0 radical (unpaired) electrons. The Bertz CT molecular complexity index is 267. The predicted molar refractivity (Wildman–Crippen MR) is 58.6 cm³/mol. The van der Waals surface area contributed by atoms with Crippen LogP contribution in [0, 0.1) is 0 Å². The first-order valence-corrected chi connectivity index (χ1v) is 2.99. The number of nitrogen functional groups attached to an aromatic ring is 1. The van der Waals surface area contributed by atoms with Crippen LogP contribution in [0.1, 0.15) is 0 Å². The van der Waals surface area contributed by atoms with Crippen LogP contribution in [0.25, 0.3) is 0 Å². The number of hydrogen-bond donors (Lipinski definition) is 3. The smallest absolute Gasteiger partial charge is 0.192 e. The van der Waals surface area contributed by atoms with E-state index >= 15 is 0 Å². The van der Waals surface area contributed by atoms with Crippen molar-refractivity contribution in [1.29, 1.82) is 0 Å². The van der Waals surface area contributed by atoms with Gasteiger partial charge in [-0.25, -0.2) is 4.98 Å². The molecule has 7 heteroatoms. The van der Waals surface area contributed by atoms with Crippen molar-refractivity contribution >= 4 is 42.3 Å². The molecule has 0 saturated carbocycles. The van der Waals surface area contributed by atoms with Crippen LogP contribution in [0.2, 0.25) is 0 Å². The molecule has 0 spiro atoms. The highest BCUT2D eigenvalue weighted by atomic mass is 35.5. The van der Waals surface area contributed by atoms with Gasteiger partial charge in [-0.15, -0.1) is 24.8 Å². The van der Waals surface area contributed by atoms with Crippen LogP contribution in [0.4, 0.5) is 11.5 Å². The van der Waals surface area contributed by atoms with Crippen LogP contribution >= 0.6 is 24.8 Å². The fourth-order valence-corrected chi connectivity index (χ4v) is 0.596. The quantitative estimate of drug-likeness (QED) is 0.474. The average molecular weight is 224 g/mol. The molecule has 0 aliphatic heterocycles. The second-order valence-corrected chi connectivity index (χ2v) is 1.99. The molecule has 13 heavy (non-hydrogen) atoms. The van der Waals surface area contributed by atoms with Crippen LogP contribution in [0.15, 0.2) is 23.3 Å². The molecule has 0 bridgehead atoms. The van der Waals surface area contributed by atoms with Gasteiger partial charge in [-0.1, -0.05) is 0 Å². The fourth-order valence-electron chi connectivity index (χ4n) is 0.596. The third-order valence-electron chi connectivity index (χ3n) is 1.01. The van der Waals surface area contributed by atoms with Crippen LogP contribution in [0.3, 0.4) is 0 Å². The Morgan fingerprint density at radius 2 is 1.85 bits per heavy atom. The van der Waals surface area contributed by atoms with Crippen molar-refractivity contribution in [2.75, 3.05) is 5.73 Å². The number of nitrogens with zero attached hydrogens (tertiary/aromatic N) is 2. The Morgan fingerprint density at radius 1 is 1.23 bits per heavy atom. The number of rotatable bonds is 1. The van der Waals surface area contributed by atoms with E-state index < -0.39 is 0 Å². The molecule has 0 aliphatic carbocycles. The summed E-state index contributed by atoms with van der Waals surface area (Å²) < 4.78 is 0. The molecule has 1 aromatic heterocycles. The highest BCUT2D eigenvalue weighted by Crippen LogP contribution is 2.08. The first-order valence-electron chi connectivity index (χ1n) is 2.99. The molecule has 0 aromatic carbocycles. The summed E-state index contributed by atoms with van der Waals surface area (Å²) in [6.45, 7) is 0. The van der Waals surface area contributed by atoms with E-state index in [0.29, 0.717) is 11.5 Å². The standard InChI is InChI=1S/C6H9N5.2ClH/c7-4-1-2-5(10-3-4)11-6(8)9;;/h1-3H,7H2,(H4,8,9,10,11);2*1H. The van der Waals surface area contributed by atoms with E-state index in [0.717, 1.165) is 0 Å². The Kier molecular flexibility index (Phi) is 6.98. The number of anilines is 1. The lowest BCUT2D eigenvalue weighted by atomic mass is 10.4. The van der Waals surface area contributed by atoms with Gasteiger partial charge in [0.15, 0.2) is 11.8 Å². The summed E-state index contributed by atoms with van der Waals surface area (Å²) in [5.74, 6) is 0.446. The SMILES string of the molecule is Cl.Cl.NC(N)=Nc1ccc(N)cn1. The van der Waals surface area contributed by atoms with E-state index in [9.17, 15) is 0 Å². The molecular formula is C6H11Cl2N5. The molecule has 0 aliphatic rings. The van der Waals surface area contributed by atoms with Crippen molar-refractivity contribution in [3.05, 3.63) is 18.3 Å². The number of nitrogens with two attached hydrogens (primary N) is 3. The number of guanidine groups is 1. The van der Waals surface area contributed by atoms with Crippen LogP contribution in [-0.4, -0.2) is 10.9 Å². The summed E-state index contributed by atoms with van der Waals surface area (Å²) >= 11 is 0. The Morgan fingerprint density at radius 3 is 2.23 bits per heavy atom. The van der Waals surface area contributed by atoms with E-state index in [1.807, 2.05) is 0 Å². The number of hydrogen-bond acceptors (Lipinski definition) is 3. The lowest BCUT2D eigenvalue weighted by Gasteiger charge is -1.93. The number of aromatic nitrogens is 1. The van der Waals surface area contributed by atoms with Gasteiger partial charge >= 0.3 is 0 Å². The Balaban J connectivity index is 0. The molecule has 1 rings (SSSR count). The summed E-state index contributed by atoms with van der Waals surface area (Å²) in [4.78, 5) is 7.55. The normalized spacial score (nSPS) is 7.69. The van der Waals surface area contributed by atoms with E-state index in [4.69, 9.17) is 17.2 Å². The summed E-state index contributed by atoms with van der Waals surface area (Å²) in [6, 6.07) is 3.31. The maximum Gasteiger partial charge on any atom is 0.192 e. The van der Waals surface area contributed by atoms with E-state index in [2.05, 4.69) is 9.98 Å². The lowest BCUT2D eigenvalue weighted by molar-refractivity contribution is 1.26. The molecule has 0 amide bonds. The molecule has 1 heterocycles. The van der Waals surface area contributed by atoms with E-state index in [1.54, 1.807) is 12.1 Å². The summed E-state index contributed by atoms with van der Waals surface area (Å²) in [5, 5.41) is 0. The topological polar surface area (TPSA) is 103 Å². The maximum absolute atomic E-state index is 5.38. The van der Waals surface area contributed by atoms with Gasteiger partial charge in [-0.3, -0.25) is 0 Å². The molecule has 0 fully saturated rings. The number of aliphatic imine (C=N–C) groups is 1. The van der Waals surface area contributed by atoms with E-state index in [-0.39, 0.29) is 30.8 Å². The summed E-state index contributed by atoms with van der Waals surface area (Å²) in [6.07, 6.45) is 1.49. The second kappa shape index (κ2) is 6.33. The van der Waals surface area contributed by atoms with Gasteiger partial charge in [0.1, 0.15) is 0 Å². The molecule has 0 atom stereocenters. The van der Waals surface area contributed by atoms with Crippen molar-refractivity contribution in [2.45, 2.75) is 0 Å². The Labute approximate surface area is 88.2 Å². The first kappa shape index (κ1) is 14.3. The van der Waals surface area contributed by atoms with Crippen molar-refractivity contribution in [3.63, 3.8) is 0 Å². The van der Waals surface area contributed by atoms with Crippen molar-refractivity contribution in [1.82, 2.24) is 4.98 Å². The lowest BCUT2D eigenvalue weighted by Crippen LogP contribution is -2.22. The second-order valence-electron chi connectivity index (χ2n) is 1.99. The summed E-state index contributed by atoms with van der Waals surface area (Å²) in [7, 11) is 0. The van der Waals surface area contributed by atoms with Crippen molar-refractivity contribution in [3.8, 4) is 0 Å². The third kappa shape index (κ3) is 5.10. The third-order valence-corrected chi connectivity index (χ3v) is 1.01. The molecular weight excluding hydrogens is 213 g/mol. The molecule has 6 N–H and O–H groups in total. The van der Waals surface area contributed by atoms with Gasteiger partial charge in [0, 0.05) is 0 Å². The van der Waals surface area contributed by atoms with Gasteiger partial charge in [0.25, 0.3) is 0 Å². The highest BCUT2D eigenvalue weighted by Gasteiger charge is 1.89. The Hall–Kier alpha value is -1.20. The van der Waals surface area contributed by atoms with Crippen molar-refractivity contribution < 1.29 is 0 Å². The fraction of sp³-hybridized carbons (Fsp3) is 0. The maximum atomic E-state index is 5.38. The number of halogens is 2. The monoisotopic (exact) mass is 223 g/mol. The summed E-state index contributed by atoms with van der Waals surface area (Å²) in [5.41, 5.74) is 16.2. The van der Waals surface area contributed by atoms with Gasteiger partial charge in [0.2, 0.25) is 0 Å². The van der Waals surface area contributed by atoms with Crippen LogP contribution < -0.4 is 17.2 Å². The van der Waals surface area contributed by atoms with E-state index in [1.165, 1.54) is 6.20 Å². The molecule has 74 valence electrons. The zero-order chi connectivity index (χ0) is 8.27.